The number of phenols is 1. The van der Waals surface area contributed by atoms with E-state index < -0.39 is 17.8 Å². The molecule has 1 atom stereocenters. The van der Waals surface area contributed by atoms with Crippen molar-refractivity contribution in [3.8, 4) is 16.2 Å². The second kappa shape index (κ2) is 11.1. The van der Waals surface area contributed by atoms with E-state index in [2.05, 4.69) is 27.2 Å². The summed E-state index contributed by atoms with van der Waals surface area (Å²) in [7, 11) is 2.10. The average molecular weight is 573 g/mol. The summed E-state index contributed by atoms with van der Waals surface area (Å²) in [6, 6.07) is 17.6. The van der Waals surface area contributed by atoms with Gasteiger partial charge in [-0.15, -0.1) is 11.3 Å². The van der Waals surface area contributed by atoms with Crippen LogP contribution in [0.5, 0.6) is 5.75 Å². The van der Waals surface area contributed by atoms with Gasteiger partial charge in [-0.25, -0.2) is 13.8 Å². The molecule has 0 radical (unpaired) electrons. The Bertz CT molecular complexity index is 1710. The third kappa shape index (κ3) is 5.47. The van der Waals surface area contributed by atoms with Gasteiger partial charge < -0.3 is 20.3 Å². The maximum Gasteiger partial charge on any atom is 0.281 e. The van der Waals surface area contributed by atoms with Crippen molar-refractivity contribution in [2.45, 2.75) is 31.7 Å². The molecule has 41 heavy (non-hydrogen) atoms. The number of thiazole rings is 1. The van der Waals surface area contributed by atoms with Gasteiger partial charge in [0.1, 0.15) is 17.4 Å². The van der Waals surface area contributed by atoms with E-state index in [0.29, 0.717) is 27.7 Å². The Morgan fingerprint density at radius 2 is 1.88 bits per heavy atom. The number of piperidine rings is 1. The molecule has 210 valence electrons. The number of nitrogens with one attached hydrogen (secondary N) is 2. The van der Waals surface area contributed by atoms with Crippen molar-refractivity contribution in [1.29, 1.82) is 0 Å². The molecule has 0 bridgehead atoms. The molecule has 9 heteroatoms. The van der Waals surface area contributed by atoms with Crippen LogP contribution in [0.15, 0.2) is 66.7 Å². The number of halogens is 2. The van der Waals surface area contributed by atoms with Crippen LogP contribution in [-0.4, -0.2) is 46.0 Å². The van der Waals surface area contributed by atoms with Crippen molar-refractivity contribution in [3.05, 3.63) is 106 Å². The van der Waals surface area contributed by atoms with Crippen LogP contribution in [0, 0.1) is 18.6 Å². The lowest BCUT2D eigenvalue weighted by atomic mass is 9.89. The number of amides is 1. The van der Waals surface area contributed by atoms with Crippen molar-refractivity contribution in [2.24, 2.45) is 0 Å². The molecule has 6 nitrogen and oxygen atoms in total. The van der Waals surface area contributed by atoms with Gasteiger partial charge in [0.05, 0.1) is 16.6 Å². The smallest absolute Gasteiger partial charge is 0.281 e. The van der Waals surface area contributed by atoms with Gasteiger partial charge in [0, 0.05) is 22.3 Å². The third-order valence-corrected chi connectivity index (χ3v) is 9.05. The number of aromatic nitrogens is 2. The fourth-order valence-electron chi connectivity index (χ4n) is 5.58. The van der Waals surface area contributed by atoms with E-state index in [9.17, 15) is 14.3 Å². The Labute approximate surface area is 240 Å². The van der Waals surface area contributed by atoms with E-state index in [1.165, 1.54) is 12.1 Å². The predicted molar refractivity (Wildman–Crippen MR) is 157 cm³/mol. The number of aromatic hydroxyl groups is 1. The van der Waals surface area contributed by atoms with Gasteiger partial charge in [-0.2, -0.15) is 0 Å². The largest absolute Gasteiger partial charge is 0.508 e. The van der Waals surface area contributed by atoms with Crippen LogP contribution in [-0.2, 0) is 0 Å². The summed E-state index contributed by atoms with van der Waals surface area (Å²) in [6.45, 7) is 3.74. The summed E-state index contributed by atoms with van der Waals surface area (Å²) in [5.74, 6) is -1.21. The quantitative estimate of drug-likeness (QED) is 0.207. The first-order chi connectivity index (χ1) is 19.8. The second-order valence-electron chi connectivity index (χ2n) is 10.7. The summed E-state index contributed by atoms with van der Waals surface area (Å²) >= 11 is 1.10. The highest BCUT2D eigenvalue weighted by atomic mass is 32.1. The summed E-state index contributed by atoms with van der Waals surface area (Å²) in [5, 5.41) is 14.6. The molecule has 1 aliphatic rings. The summed E-state index contributed by atoms with van der Waals surface area (Å²) < 4.78 is 29.6. The highest BCUT2D eigenvalue weighted by molar-refractivity contribution is 7.17. The number of aryl methyl sites for hydroxylation is 1. The number of fused-ring (bicyclic) bond motifs is 1. The lowest BCUT2D eigenvalue weighted by Crippen LogP contribution is -2.29. The monoisotopic (exact) mass is 572 g/mol. The standard InChI is InChI=1S/C32H30F2N4O2S/c1-18-30(23-9-7-20(15-25(23)34)19-11-13-38(2)14-12-19)41-32(35-18)31(40)37-29(24-17-22(33)8-10-28(24)39)27-16-21-5-3-4-6-26(21)36-27/h3-10,15-17,19,29,36,39H,11-14H2,1-2H3,(H,37,40)/t29-/m0/s1. The van der Waals surface area contributed by atoms with Crippen molar-refractivity contribution >= 4 is 28.1 Å². The number of carbonyl (C=O) groups excluding carboxylic acids is 1. The molecule has 0 spiro atoms. The van der Waals surface area contributed by atoms with E-state index in [4.69, 9.17) is 0 Å². The predicted octanol–water partition coefficient (Wildman–Crippen LogP) is 6.91. The maximum absolute atomic E-state index is 15.4. The Kier molecular flexibility index (Phi) is 7.32. The number of H-pyrrole nitrogens is 1. The minimum absolute atomic E-state index is 0.147. The van der Waals surface area contributed by atoms with Gasteiger partial charge in [-0.3, -0.25) is 4.79 Å². The van der Waals surface area contributed by atoms with E-state index in [0.717, 1.165) is 59.8 Å². The number of para-hydroxylation sites is 1. The van der Waals surface area contributed by atoms with Crippen molar-refractivity contribution < 1.29 is 18.7 Å². The first-order valence-electron chi connectivity index (χ1n) is 13.6. The summed E-state index contributed by atoms with van der Waals surface area (Å²) in [5.41, 5.74) is 3.56. The number of benzene rings is 3. The third-order valence-electron chi connectivity index (χ3n) is 7.86. The van der Waals surface area contributed by atoms with Gasteiger partial charge in [0.15, 0.2) is 5.01 Å². The highest BCUT2D eigenvalue weighted by Gasteiger charge is 2.26. The van der Waals surface area contributed by atoms with Crippen LogP contribution in [0.2, 0.25) is 0 Å². The fraction of sp³-hybridized carbons (Fsp3) is 0.250. The van der Waals surface area contributed by atoms with E-state index in [1.807, 2.05) is 36.4 Å². The molecule has 0 saturated carbocycles. The molecular formula is C32H30F2N4O2S. The second-order valence-corrected chi connectivity index (χ2v) is 11.7. The molecule has 2 aromatic heterocycles. The SMILES string of the molecule is Cc1nc(C(=O)N[C@H](c2cc3ccccc3[nH]2)c2cc(F)ccc2O)sc1-c1ccc(C2CCN(C)CC2)cc1F. The van der Waals surface area contributed by atoms with Crippen LogP contribution < -0.4 is 5.32 Å². The summed E-state index contributed by atoms with van der Waals surface area (Å²) in [6.07, 6.45) is 2.00. The molecule has 3 aromatic carbocycles. The number of phenolic OH excluding ortho intramolecular Hbond substituents is 1. The first kappa shape index (κ1) is 27.1. The lowest BCUT2D eigenvalue weighted by Gasteiger charge is -2.29. The van der Waals surface area contributed by atoms with Crippen molar-refractivity contribution in [1.82, 2.24) is 20.2 Å². The maximum atomic E-state index is 15.4. The highest BCUT2D eigenvalue weighted by Crippen LogP contribution is 2.36. The molecule has 3 N–H and O–H groups in total. The molecule has 0 aliphatic carbocycles. The van der Waals surface area contributed by atoms with Crippen LogP contribution in [0.3, 0.4) is 0 Å². The van der Waals surface area contributed by atoms with E-state index in [-0.39, 0.29) is 22.1 Å². The minimum atomic E-state index is -0.885. The Hall–Kier alpha value is -4.08. The zero-order valence-electron chi connectivity index (χ0n) is 22.7. The molecule has 1 amide bonds. The molecule has 6 rings (SSSR count). The normalized spacial score (nSPS) is 15.3. The average Bonchev–Trinajstić information content (AvgIpc) is 3.57. The number of hydrogen-bond acceptors (Lipinski definition) is 5. The first-order valence-corrected chi connectivity index (χ1v) is 14.4. The van der Waals surface area contributed by atoms with Gasteiger partial charge >= 0.3 is 0 Å². The van der Waals surface area contributed by atoms with Gasteiger partial charge in [0.25, 0.3) is 5.91 Å². The van der Waals surface area contributed by atoms with Crippen molar-refractivity contribution in [2.75, 3.05) is 20.1 Å². The zero-order valence-corrected chi connectivity index (χ0v) is 23.6. The van der Waals surface area contributed by atoms with E-state index >= 15 is 4.39 Å². The van der Waals surface area contributed by atoms with Crippen LogP contribution >= 0.6 is 11.3 Å². The number of rotatable bonds is 6. The number of aromatic amines is 1. The van der Waals surface area contributed by atoms with E-state index in [1.54, 1.807) is 19.1 Å². The topological polar surface area (TPSA) is 81.2 Å². The molecule has 1 saturated heterocycles. The molecule has 1 fully saturated rings. The Morgan fingerprint density at radius 3 is 2.63 bits per heavy atom. The lowest BCUT2D eigenvalue weighted by molar-refractivity contribution is 0.0941. The molecule has 5 aromatic rings. The fourth-order valence-corrected chi connectivity index (χ4v) is 6.57. The number of carbonyl (C=O) groups is 1. The molecule has 0 unspecified atom stereocenters. The Morgan fingerprint density at radius 1 is 1.10 bits per heavy atom. The van der Waals surface area contributed by atoms with Crippen LogP contribution in [0.4, 0.5) is 8.78 Å². The number of hydrogen-bond donors (Lipinski definition) is 3. The Balaban J connectivity index is 1.30. The molecule has 1 aliphatic heterocycles. The van der Waals surface area contributed by atoms with Gasteiger partial charge in [0.2, 0.25) is 0 Å². The molecular weight excluding hydrogens is 542 g/mol. The van der Waals surface area contributed by atoms with Gasteiger partial charge in [-0.1, -0.05) is 30.3 Å². The number of likely N-dealkylation sites (tertiary alicyclic amines) is 1. The van der Waals surface area contributed by atoms with Crippen molar-refractivity contribution in [3.63, 3.8) is 0 Å². The minimum Gasteiger partial charge on any atom is -0.508 e. The zero-order chi connectivity index (χ0) is 28.7. The van der Waals surface area contributed by atoms with Crippen LogP contribution in [0.25, 0.3) is 21.3 Å². The van der Waals surface area contributed by atoms with Gasteiger partial charge in [-0.05, 0) is 93.2 Å². The number of nitrogens with zero attached hydrogens (tertiary/aromatic N) is 2. The molecule has 3 heterocycles. The summed E-state index contributed by atoms with van der Waals surface area (Å²) in [4.78, 5) is 24.1. The van der Waals surface area contributed by atoms with Crippen LogP contribution in [0.1, 0.15) is 57.1 Å².